The first-order chi connectivity index (χ1) is 12.5. The van der Waals surface area contributed by atoms with Gasteiger partial charge in [-0.3, -0.25) is 4.79 Å². The van der Waals surface area contributed by atoms with Crippen LogP contribution in [0.2, 0.25) is 0 Å². The quantitative estimate of drug-likeness (QED) is 0.736. The monoisotopic (exact) mass is 351 g/mol. The van der Waals surface area contributed by atoms with Gasteiger partial charge < -0.3 is 9.67 Å². The Kier molecular flexibility index (Phi) is 3.86. The maximum absolute atomic E-state index is 11.3. The molecule has 1 aliphatic carbocycles. The van der Waals surface area contributed by atoms with Crippen LogP contribution < -0.4 is 0 Å². The number of hydrogen-bond donors (Lipinski definition) is 1. The molecule has 1 aliphatic rings. The number of carboxylic acid groups (broad SMARTS) is 1. The van der Waals surface area contributed by atoms with Gasteiger partial charge in [0, 0.05) is 5.69 Å². The summed E-state index contributed by atoms with van der Waals surface area (Å²) in [5.74, 6) is 0.435. The van der Waals surface area contributed by atoms with Crippen LogP contribution in [0, 0.1) is 13.8 Å². The first kappa shape index (κ1) is 16.5. The number of hydrogen-bond acceptors (Lipinski definition) is 4. The van der Waals surface area contributed by atoms with Gasteiger partial charge in [-0.1, -0.05) is 30.3 Å². The zero-order valence-corrected chi connectivity index (χ0v) is 14.9. The fraction of sp³-hybridized carbons (Fsp3) is 0.368. The molecule has 134 valence electrons. The van der Waals surface area contributed by atoms with Crippen molar-refractivity contribution in [2.24, 2.45) is 0 Å². The molecular weight excluding hydrogens is 330 g/mol. The van der Waals surface area contributed by atoms with Crippen molar-refractivity contribution >= 4 is 5.97 Å². The van der Waals surface area contributed by atoms with Gasteiger partial charge in [0.1, 0.15) is 12.4 Å². The highest BCUT2D eigenvalue weighted by Crippen LogP contribution is 2.52. The summed E-state index contributed by atoms with van der Waals surface area (Å²) in [4.78, 5) is 20.3. The van der Waals surface area contributed by atoms with Crippen molar-refractivity contribution in [2.45, 2.75) is 45.2 Å². The first-order valence-corrected chi connectivity index (χ1v) is 8.69. The molecule has 3 aromatic rings. The van der Waals surface area contributed by atoms with E-state index in [4.69, 9.17) is 4.98 Å². The smallest absolute Gasteiger partial charge is 0.325 e. The summed E-state index contributed by atoms with van der Waals surface area (Å²) in [5, 5.41) is 13.8. The third kappa shape index (κ3) is 2.79. The fourth-order valence-corrected chi connectivity index (χ4v) is 3.33. The maximum Gasteiger partial charge on any atom is 0.325 e. The average molecular weight is 351 g/mol. The summed E-state index contributed by atoms with van der Waals surface area (Å²) in [6, 6.07) is 10.2. The standard InChI is InChI=1S/C19H21N5O2/c1-13-14(2)23(12-20-13)10-16-21-18(22-24(16)11-17(25)26)19(8-9-19)15-6-4-3-5-7-15/h3-7,12H,8-11H2,1-2H3,(H,25,26). The summed E-state index contributed by atoms with van der Waals surface area (Å²) in [7, 11) is 0. The number of carbonyl (C=O) groups is 1. The van der Waals surface area contributed by atoms with Crippen LogP contribution in [0.1, 0.15) is 41.4 Å². The van der Waals surface area contributed by atoms with Gasteiger partial charge in [0.15, 0.2) is 5.82 Å². The van der Waals surface area contributed by atoms with Crippen molar-refractivity contribution in [1.29, 1.82) is 0 Å². The molecular formula is C19H21N5O2. The molecule has 1 saturated carbocycles. The molecule has 0 bridgehead atoms. The van der Waals surface area contributed by atoms with Crippen molar-refractivity contribution in [3.8, 4) is 0 Å². The van der Waals surface area contributed by atoms with Gasteiger partial charge in [0.2, 0.25) is 0 Å². The van der Waals surface area contributed by atoms with Gasteiger partial charge >= 0.3 is 5.97 Å². The Morgan fingerprint density at radius 3 is 2.54 bits per heavy atom. The molecule has 1 fully saturated rings. The highest BCUT2D eigenvalue weighted by Gasteiger charge is 2.49. The summed E-state index contributed by atoms with van der Waals surface area (Å²) in [6.45, 7) is 4.21. The second kappa shape index (κ2) is 6.09. The lowest BCUT2D eigenvalue weighted by molar-refractivity contribution is -0.137. The Morgan fingerprint density at radius 1 is 1.23 bits per heavy atom. The van der Waals surface area contributed by atoms with Crippen LogP contribution in [0.5, 0.6) is 0 Å². The minimum absolute atomic E-state index is 0.181. The number of carboxylic acids is 1. The van der Waals surface area contributed by atoms with Gasteiger partial charge in [-0.2, -0.15) is 5.10 Å². The van der Waals surface area contributed by atoms with Crippen molar-refractivity contribution < 1.29 is 9.90 Å². The molecule has 1 N–H and O–H groups in total. The van der Waals surface area contributed by atoms with E-state index in [0.29, 0.717) is 12.4 Å². The summed E-state index contributed by atoms with van der Waals surface area (Å²) >= 11 is 0. The number of aliphatic carboxylic acids is 1. The Labute approximate surface area is 151 Å². The Morgan fingerprint density at radius 2 is 1.96 bits per heavy atom. The lowest BCUT2D eigenvalue weighted by atomic mass is 9.95. The highest BCUT2D eigenvalue weighted by molar-refractivity contribution is 5.66. The van der Waals surface area contributed by atoms with E-state index in [0.717, 1.165) is 30.1 Å². The number of aryl methyl sites for hydroxylation is 1. The molecule has 0 atom stereocenters. The van der Waals surface area contributed by atoms with E-state index in [1.807, 2.05) is 36.6 Å². The molecule has 7 heteroatoms. The van der Waals surface area contributed by atoms with Crippen LogP contribution >= 0.6 is 0 Å². The molecule has 1 aromatic carbocycles. The molecule has 0 spiro atoms. The van der Waals surface area contributed by atoms with Crippen LogP contribution in [-0.4, -0.2) is 35.4 Å². The van der Waals surface area contributed by atoms with Crippen LogP contribution in [0.3, 0.4) is 0 Å². The van der Waals surface area contributed by atoms with Gasteiger partial charge in [0.05, 0.1) is 24.0 Å². The summed E-state index contributed by atoms with van der Waals surface area (Å²) < 4.78 is 3.49. The van der Waals surface area contributed by atoms with Crippen molar-refractivity contribution in [2.75, 3.05) is 0 Å². The molecule has 0 amide bonds. The molecule has 0 unspecified atom stereocenters. The zero-order chi connectivity index (χ0) is 18.3. The van der Waals surface area contributed by atoms with E-state index >= 15 is 0 Å². The Balaban J connectivity index is 1.72. The van der Waals surface area contributed by atoms with E-state index in [2.05, 4.69) is 22.2 Å². The van der Waals surface area contributed by atoms with E-state index in [1.165, 1.54) is 10.2 Å². The van der Waals surface area contributed by atoms with Gasteiger partial charge in [-0.05, 0) is 32.3 Å². The molecule has 2 aromatic heterocycles. The predicted molar refractivity (Wildman–Crippen MR) is 94.9 cm³/mol. The van der Waals surface area contributed by atoms with E-state index in [-0.39, 0.29) is 12.0 Å². The topological polar surface area (TPSA) is 85.8 Å². The number of aromatic nitrogens is 5. The van der Waals surface area contributed by atoms with E-state index in [1.54, 1.807) is 6.33 Å². The minimum Gasteiger partial charge on any atom is -0.480 e. The molecule has 7 nitrogen and oxygen atoms in total. The van der Waals surface area contributed by atoms with Crippen molar-refractivity contribution in [1.82, 2.24) is 24.3 Å². The molecule has 2 heterocycles. The SMILES string of the molecule is Cc1ncn(Cc2nc(C3(c4ccccc4)CC3)nn2CC(=O)O)c1C. The van der Waals surface area contributed by atoms with Gasteiger partial charge in [0.25, 0.3) is 0 Å². The molecule has 4 rings (SSSR count). The third-order valence-corrected chi connectivity index (χ3v) is 5.19. The van der Waals surface area contributed by atoms with Crippen LogP contribution in [0.25, 0.3) is 0 Å². The number of imidazole rings is 1. The molecule has 0 aliphatic heterocycles. The third-order valence-electron chi connectivity index (χ3n) is 5.19. The second-order valence-corrected chi connectivity index (χ2v) is 6.89. The Bertz CT molecular complexity index is 954. The summed E-state index contributed by atoms with van der Waals surface area (Å²) in [5.41, 5.74) is 3.01. The average Bonchev–Trinajstić information content (AvgIpc) is 3.27. The predicted octanol–water partition coefficient (Wildman–Crippen LogP) is 2.30. The number of rotatable bonds is 6. The summed E-state index contributed by atoms with van der Waals surface area (Å²) in [6.07, 6.45) is 3.72. The lowest BCUT2D eigenvalue weighted by Crippen LogP contribution is -2.16. The number of benzene rings is 1. The van der Waals surface area contributed by atoms with Crippen molar-refractivity contribution in [3.05, 3.63) is 65.3 Å². The Hall–Kier alpha value is -2.96. The maximum atomic E-state index is 11.3. The fourth-order valence-electron chi connectivity index (χ4n) is 3.33. The zero-order valence-electron chi connectivity index (χ0n) is 14.9. The first-order valence-electron chi connectivity index (χ1n) is 8.69. The van der Waals surface area contributed by atoms with Gasteiger partial charge in [-0.15, -0.1) is 0 Å². The van der Waals surface area contributed by atoms with Crippen LogP contribution in [0.4, 0.5) is 0 Å². The van der Waals surface area contributed by atoms with E-state index < -0.39 is 5.97 Å². The minimum atomic E-state index is -0.925. The largest absolute Gasteiger partial charge is 0.480 e. The van der Waals surface area contributed by atoms with Gasteiger partial charge in [-0.25, -0.2) is 14.6 Å². The van der Waals surface area contributed by atoms with Crippen LogP contribution in [-0.2, 0) is 23.3 Å². The molecule has 0 saturated heterocycles. The van der Waals surface area contributed by atoms with Crippen molar-refractivity contribution in [3.63, 3.8) is 0 Å². The normalized spacial score (nSPS) is 15.2. The molecule has 26 heavy (non-hydrogen) atoms. The number of nitrogens with zero attached hydrogens (tertiary/aromatic N) is 5. The molecule has 0 radical (unpaired) electrons. The highest BCUT2D eigenvalue weighted by atomic mass is 16.4. The van der Waals surface area contributed by atoms with Crippen LogP contribution in [0.15, 0.2) is 36.7 Å². The second-order valence-electron chi connectivity index (χ2n) is 6.89. The lowest BCUT2D eigenvalue weighted by Gasteiger charge is -2.11. The van der Waals surface area contributed by atoms with E-state index in [9.17, 15) is 9.90 Å².